The van der Waals surface area contributed by atoms with Crippen LogP contribution in [-0.2, 0) is 6.54 Å². The van der Waals surface area contributed by atoms with E-state index in [9.17, 15) is 4.39 Å². The molecule has 1 atom stereocenters. The summed E-state index contributed by atoms with van der Waals surface area (Å²) in [5.74, 6) is -0.204. The van der Waals surface area contributed by atoms with E-state index < -0.39 is 0 Å². The van der Waals surface area contributed by atoms with Gasteiger partial charge in [-0.2, -0.15) is 0 Å². The fourth-order valence-corrected chi connectivity index (χ4v) is 1.46. The molecule has 0 heterocycles. The number of halogens is 2. The molecule has 0 amide bonds. The Kier molecular flexibility index (Phi) is 4.51. The normalized spacial score (nSPS) is 12.9. The van der Waals surface area contributed by atoms with Crippen LogP contribution in [0.4, 0.5) is 4.39 Å². The van der Waals surface area contributed by atoms with Gasteiger partial charge in [-0.15, -0.1) is 0 Å². The summed E-state index contributed by atoms with van der Waals surface area (Å²) in [6.45, 7) is 3.02. The Morgan fingerprint density at radius 2 is 2.29 bits per heavy atom. The molecule has 0 aliphatic carbocycles. The van der Waals surface area contributed by atoms with Gasteiger partial charge in [0.25, 0.3) is 0 Å². The molecule has 0 spiro atoms. The minimum atomic E-state index is -0.204. The van der Waals surface area contributed by atoms with Crippen LogP contribution in [0.25, 0.3) is 0 Å². The maximum Gasteiger partial charge on any atom is 0.141 e. The van der Waals surface area contributed by atoms with Gasteiger partial charge in [0.1, 0.15) is 5.82 Å². The molecule has 0 radical (unpaired) electrons. The first kappa shape index (κ1) is 11.6. The lowest BCUT2D eigenvalue weighted by molar-refractivity contribution is 0.531. The first-order valence-electron chi connectivity index (χ1n) is 4.51. The van der Waals surface area contributed by atoms with E-state index in [0.717, 1.165) is 0 Å². The van der Waals surface area contributed by atoms with Crippen molar-refractivity contribution in [2.24, 2.45) is 5.73 Å². The molecular formula is C10H14BrFN2. The van der Waals surface area contributed by atoms with E-state index in [-0.39, 0.29) is 11.9 Å². The molecule has 1 aromatic rings. The first-order valence-corrected chi connectivity index (χ1v) is 5.30. The molecule has 1 rings (SSSR count). The zero-order valence-electron chi connectivity index (χ0n) is 8.06. The Labute approximate surface area is 91.8 Å². The van der Waals surface area contributed by atoms with Gasteiger partial charge in [-0.3, -0.25) is 0 Å². The van der Waals surface area contributed by atoms with Crippen molar-refractivity contribution in [3.63, 3.8) is 0 Å². The number of hydrogen-bond acceptors (Lipinski definition) is 2. The predicted octanol–water partition coefficient (Wildman–Crippen LogP) is 2.02. The number of nitrogens with two attached hydrogens (primary N) is 1. The molecule has 78 valence electrons. The summed E-state index contributed by atoms with van der Waals surface area (Å²) in [5.41, 5.74) is 6.09. The fourth-order valence-electron chi connectivity index (χ4n) is 1.05. The number of nitrogens with one attached hydrogen (secondary N) is 1. The second-order valence-corrected chi connectivity index (χ2v) is 4.08. The Morgan fingerprint density at radius 1 is 1.57 bits per heavy atom. The van der Waals surface area contributed by atoms with Crippen LogP contribution in [0.5, 0.6) is 0 Å². The molecule has 0 bridgehead atoms. The summed E-state index contributed by atoms with van der Waals surface area (Å²) in [4.78, 5) is 0. The third-order valence-corrected chi connectivity index (χ3v) is 2.64. The Hall–Kier alpha value is -0.450. The zero-order valence-corrected chi connectivity index (χ0v) is 9.64. The molecule has 0 aromatic heterocycles. The van der Waals surface area contributed by atoms with Crippen molar-refractivity contribution >= 4 is 15.9 Å². The standard InChI is InChI=1S/C10H14BrFN2/c1-7(5-13)14-6-8-3-2-4-9(11)10(8)12/h2-4,7,14H,5-6,13H2,1H3. The highest BCUT2D eigenvalue weighted by atomic mass is 79.9. The second kappa shape index (κ2) is 5.44. The Morgan fingerprint density at radius 3 is 2.93 bits per heavy atom. The number of benzene rings is 1. The smallest absolute Gasteiger partial charge is 0.141 e. The average molecular weight is 261 g/mol. The van der Waals surface area contributed by atoms with Gasteiger partial charge in [-0.25, -0.2) is 4.39 Å². The van der Waals surface area contributed by atoms with E-state index in [2.05, 4.69) is 21.2 Å². The topological polar surface area (TPSA) is 38.0 Å². The highest BCUT2D eigenvalue weighted by Gasteiger charge is 2.06. The van der Waals surface area contributed by atoms with Crippen molar-refractivity contribution in [3.05, 3.63) is 34.1 Å². The van der Waals surface area contributed by atoms with E-state index in [1.807, 2.05) is 13.0 Å². The van der Waals surface area contributed by atoms with E-state index in [4.69, 9.17) is 5.73 Å². The van der Waals surface area contributed by atoms with Crippen LogP contribution in [0.3, 0.4) is 0 Å². The number of hydrogen-bond donors (Lipinski definition) is 2. The van der Waals surface area contributed by atoms with Gasteiger partial charge in [0.15, 0.2) is 0 Å². The summed E-state index contributed by atoms with van der Waals surface area (Å²) in [6.07, 6.45) is 0. The molecule has 0 aliphatic rings. The van der Waals surface area contributed by atoms with E-state index in [1.165, 1.54) is 0 Å². The largest absolute Gasteiger partial charge is 0.329 e. The summed E-state index contributed by atoms with van der Waals surface area (Å²) >= 11 is 3.14. The van der Waals surface area contributed by atoms with Crippen LogP contribution in [0.2, 0.25) is 0 Å². The Bertz CT molecular complexity index is 304. The van der Waals surface area contributed by atoms with Crippen molar-refractivity contribution in [1.82, 2.24) is 5.32 Å². The van der Waals surface area contributed by atoms with Gasteiger partial charge in [0.2, 0.25) is 0 Å². The van der Waals surface area contributed by atoms with Crippen LogP contribution in [-0.4, -0.2) is 12.6 Å². The predicted molar refractivity (Wildman–Crippen MR) is 59.5 cm³/mol. The third-order valence-electron chi connectivity index (χ3n) is 2.03. The van der Waals surface area contributed by atoms with Crippen molar-refractivity contribution in [2.75, 3.05) is 6.54 Å². The van der Waals surface area contributed by atoms with Crippen LogP contribution >= 0.6 is 15.9 Å². The molecule has 1 aromatic carbocycles. The molecule has 1 unspecified atom stereocenters. The summed E-state index contributed by atoms with van der Waals surface area (Å²) in [5, 5.41) is 3.13. The van der Waals surface area contributed by atoms with E-state index >= 15 is 0 Å². The molecular weight excluding hydrogens is 247 g/mol. The maximum atomic E-state index is 13.4. The number of rotatable bonds is 4. The lowest BCUT2D eigenvalue weighted by atomic mass is 10.2. The summed E-state index contributed by atoms with van der Waals surface area (Å²) in [6, 6.07) is 5.46. The maximum absolute atomic E-state index is 13.4. The highest BCUT2D eigenvalue weighted by Crippen LogP contribution is 2.18. The average Bonchev–Trinajstić information content (AvgIpc) is 2.20. The molecule has 0 saturated carbocycles. The van der Waals surface area contributed by atoms with Crippen molar-refractivity contribution in [3.8, 4) is 0 Å². The molecule has 4 heteroatoms. The van der Waals surface area contributed by atoms with Gasteiger partial charge in [-0.05, 0) is 28.9 Å². The molecule has 0 saturated heterocycles. The minimum absolute atomic E-state index is 0.202. The summed E-state index contributed by atoms with van der Waals surface area (Å²) < 4.78 is 13.9. The highest BCUT2D eigenvalue weighted by molar-refractivity contribution is 9.10. The molecule has 0 fully saturated rings. The lowest BCUT2D eigenvalue weighted by Gasteiger charge is -2.11. The fraction of sp³-hybridized carbons (Fsp3) is 0.400. The SMILES string of the molecule is CC(CN)NCc1cccc(Br)c1F. The monoisotopic (exact) mass is 260 g/mol. The first-order chi connectivity index (χ1) is 6.65. The molecule has 2 nitrogen and oxygen atoms in total. The lowest BCUT2D eigenvalue weighted by Crippen LogP contribution is -2.32. The molecule has 3 N–H and O–H groups in total. The quantitative estimate of drug-likeness (QED) is 0.870. The zero-order chi connectivity index (χ0) is 10.6. The Balaban J connectivity index is 2.63. The van der Waals surface area contributed by atoms with Crippen molar-refractivity contribution in [1.29, 1.82) is 0 Å². The van der Waals surface area contributed by atoms with E-state index in [0.29, 0.717) is 23.1 Å². The van der Waals surface area contributed by atoms with Crippen LogP contribution < -0.4 is 11.1 Å². The van der Waals surface area contributed by atoms with Gasteiger partial charge in [-0.1, -0.05) is 12.1 Å². The van der Waals surface area contributed by atoms with Crippen molar-refractivity contribution < 1.29 is 4.39 Å². The van der Waals surface area contributed by atoms with Gasteiger partial charge in [0, 0.05) is 24.7 Å². The molecule has 14 heavy (non-hydrogen) atoms. The third kappa shape index (κ3) is 3.04. The summed E-state index contributed by atoms with van der Waals surface area (Å²) in [7, 11) is 0. The van der Waals surface area contributed by atoms with Crippen LogP contribution in [0.1, 0.15) is 12.5 Å². The van der Waals surface area contributed by atoms with Crippen LogP contribution in [0, 0.1) is 5.82 Å². The van der Waals surface area contributed by atoms with Crippen molar-refractivity contribution in [2.45, 2.75) is 19.5 Å². The van der Waals surface area contributed by atoms with E-state index in [1.54, 1.807) is 12.1 Å². The minimum Gasteiger partial charge on any atom is -0.329 e. The van der Waals surface area contributed by atoms with Gasteiger partial charge >= 0.3 is 0 Å². The van der Waals surface area contributed by atoms with Gasteiger partial charge in [0.05, 0.1) is 4.47 Å². The second-order valence-electron chi connectivity index (χ2n) is 3.23. The van der Waals surface area contributed by atoms with Gasteiger partial charge < -0.3 is 11.1 Å². The molecule has 0 aliphatic heterocycles. The van der Waals surface area contributed by atoms with Crippen LogP contribution in [0.15, 0.2) is 22.7 Å².